The molecule has 1 unspecified atom stereocenters. The SMILES string of the molecule is CCC1(C)CN(CCOCCOC)C2(CCCC2)CN1. The van der Waals surface area contributed by atoms with E-state index in [0.29, 0.717) is 18.8 Å². The average molecular weight is 284 g/mol. The Morgan fingerprint density at radius 1 is 1.15 bits per heavy atom. The molecule has 118 valence electrons. The molecule has 2 aliphatic rings. The third-order valence-electron chi connectivity index (χ3n) is 5.31. The van der Waals surface area contributed by atoms with Crippen LogP contribution in [0.25, 0.3) is 0 Å². The third kappa shape index (κ3) is 3.73. The molecule has 0 radical (unpaired) electrons. The van der Waals surface area contributed by atoms with E-state index in [4.69, 9.17) is 9.47 Å². The molecule has 1 atom stereocenters. The lowest BCUT2D eigenvalue weighted by Crippen LogP contribution is -2.68. The fourth-order valence-corrected chi connectivity index (χ4v) is 3.63. The maximum absolute atomic E-state index is 5.69. The van der Waals surface area contributed by atoms with Crippen molar-refractivity contribution in [2.75, 3.05) is 46.6 Å². The Bertz CT molecular complexity index is 292. The van der Waals surface area contributed by atoms with Gasteiger partial charge in [-0.25, -0.2) is 0 Å². The molecule has 0 aromatic heterocycles. The second kappa shape index (κ2) is 7.21. The highest BCUT2D eigenvalue weighted by Crippen LogP contribution is 2.38. The van der Waals surface area contributed by atoms with Crippen molar-refractivity contribution in [1.29, 1.82) is 0 Å². The number of methoxy groups -OCH3 is 1. The van der Waals surface area contributed by atoms with Crippen LogP contribution in [0.5, 0.6) is 0 Å². The summed E-state index contributed by atoms with van der Waals surface area (Å²) in [6, 6.07) is 0. The molecule has 0 amide bonds. The lowest BCUT2D eigenvalue weighted by Gasteiger charge is -2.52. The zero-order chi connectivity index (χ0) is 14.5. The number of ether oxygens (including phenoxy) is 2. The van der Waals surface area contributed by atoms with Crippen LogP contribution in [-0.2, 0) is 9.47 Å². The van der Waals surface area contributed by atoms with E-state index in [1.54, 1.807) is 7.11 Å². The Hall–Kier alpha value is -0.160. The maximum atomic E-state index is 5.69. The summed E-state index contributed by atoms with van der Waals surface area (Å²) < 4.78 is 10.7. The first-order valence-corrected chi connectivity index (χ1v) is 8.21. The molecular weight excluding hydrogens is 252 g/mol. The fourth-order valence-electron chi connectivity index (χ4n) is 3.63. The average Bonchev–Trinajstić information content (AvgIpc) is 2.93. The minimum Gasteiger partial charge on any atom is -0.382 e. The van der Waals surface area contributed by atoms with Gasteiger partial charge in [-0.1, -0.05) is 19.8 Å². The van der Waals surface area contributed by atoms with Crippen LogP contribution in [0.3, 0.4) is 0 Å². The quantitative estimate of drug-likeness (QED) is 0.725. The Morgan fingerprint density at radius 3 is 2.55 bits per heavy atom. The van der Waals surface area contributed by atoms with E-state index < -0.39 is 0 Å². The van der Waals surface area contributed by atoms with Gasteiger partial charge in [-0.2, -0.15) is 0 Å². The molecule has 0 aromatic rings. The molecule has 1 heterocycles. The van der Waals surface area contributed by atoms with Crippen molar-refractivity contribution in [1.82, 2.24) is 10.2 Å². The van der Waals surface area contributed by atoms with E-state index in [9.17, 15) is 0 Å². The summed E-state index contributed by atoms with van der Waals surface area (Å²) in [5.41, 5.74) is 0.666. The van der Waals surface area contributed by atoms with E-state index in [2.05, 4.69) is 24.1 Å². The van der Waals surface area contributed by atoms with Gasteiger partial charge in [0.2, 0.25) is 0 Å². The van der Waals surface area contributed by atoms with Gasteiger partial charge in [0.05, 0.1) is 19.8 Å². The number of hydrogen-bond donors (Lipinski definition) is 1. The number of piperazine rings is 1. The summed E-state index contributed by atoms with van der Waals surface area (Å²) in [5.74, 6) is 0. The van der Waals surface area contributed by atoms with Crippen LogP contribution >= 0.6 is 0 Å². The van der Waals surface area contributed by atoms with Crippen LogP contribution in [0.2, 0.25) is 0 Å². The molecule has 1 saturated carbocycles. The van der Waals surface area contributed by atoms with Gasteiger partial charge in [0.15, 0.2) is 0 Å². The van der Waals surface area contributed by atoms with Crippen molar-refractivity contribution in [3.8, 4) is 0 Å². The smallest absolute Gasteiger partial charge is 0.0700 e. The van der Waals surface area contributed by atoms with E-state index in [0.717, 1.165) is 26.2 Å². The van der Waals surface area contributed by atoms with Crippen LogP contribution in [0.4, 0.5) is 0 Å². The zero-order valence-corrected chi connectivity index (χ0v) is 13.5. The van der Waals surface area contributed by atoms with Gasteiger partial charge in [-0.3, -0.25) is 4.90 Å². The first kappa shape index (κ1) is 16.2. The van der Waals surface area contributed by atoms with Crippen LogP contribution in [0.1, 0.15) is 46.0 Å². The van der Waals surface area contributed by atoms with E-state index in [1.807, 2.05) is 0 Å². The molecular formula is C16H32N2O2. The summed E-state index contributed by atoms with van der Waals surface area (Å²) in [5, 5.41) is 3.82. The highest BCUT2D eigenvalue weighted by Gasteiger charge is 2.46. The van der Waals surface area contributed by atoms with Crippen molar-refractivity contribution in [3.63, 3.8) is 0 Å². The lowest BCUT2D eigenvalue weighted by molar-refractivity contribution is -0.0155. The van der Waals surface area contributed by atoms with E-state index in [-0.39, 0.29) is 5.54 Å². The van der Waals surface area contributed by atoms with E-state index >= 15 is 0 Å². The largest absolute Gasteiger partial charge is 0.382 e. The first-order valence-electron chi connectivity index (χ1n) is 8.21. The predicted molar refractivity (Wildman–Crippen MR) is 82.2 cm³/mol. The van der Waals surface area contributed by atoms with Crippen LogP contribution in [-0.4, -0.2) is 62.5 Å². The third-order valence-corrected chi connectivity index (χ3v) is 5.31. The Morgan fingerprint density at radius 2 is 1.90 bits per heavy atom. The van der Waals surface area contributed by atoms with Crippen LogP contribution < -0.4 is 5.32 Å². The van der Waals surface area contributed by atoms with Crippen LogP contribution in [0, 0.1) is 0 Å². The molecule has 2 rings (SSSR count). The Labute approximate surface area is 124 Å². The van der Waals surface area contributed by atoms with Gasteiger partial charge in [0.1, 0.15) is 0 Å². The number of rotatable bonds is 7. The Kier molecular flexibility index (Phi) is 5.84. The van der Waals surface area contributed by atoms with Crippen LogP contribution in [0.15, 0.2) is 0 Å². The number of nitrogens with one attached hydrogen (secondary N) is 1. The molecule has 0 aromatic carbocycles. The Balaban J connectivity index is 1.89. The second-order valence-electron chi connectivity index (χ2n) is 6.73. The van der Waals surface area contributed by atoms with Gasteiger partial charge in [-0.15, -0.1) is 0 Å². The minimum absolute atomic E-state index is 0.264. The molecule has 20 heavy (non-hydrogen) atoms. The zero-order valence-electron chi connectivity index (χ0n) is 13.5. The minimum atomic E-state index is 0.264. The van der Waals surface area contributed by atoms with Gasteiger partial charge < -0.3 is 14.8 Å². The highest BCUT2D eigenvalue weighted by molar-refractivity contribution is 5.05. The van der Waals surface area contributed by atoms with E-state index in [1.165, 1.54) is 32.1 Å². The highest BCUT2D eigenvalue weighted by atomic mass is 16.5. The summed E-state index contributed by atoms with van der Waals surface area (Å²) in [6.45, 7) is 10.2. The normalized spacial score (nSPS) is 30.1. The summed E-state index contributed by atoms with van der Waals surface area (Å²) in [4.78, 5) is 2.72. The van der Waals surface area contributed by atoms with Gasteiger partial charge in [0.25, 0.3) is 0 Å². The molecule has 1 N–H and O–H groups in total. The molecule has 0 bridgehead atoms. The van der Waals surface area contributed by atoms with Crippen molar-refractivity contribution in [2.45, 2.75) is 57.0 Å². The summed E-state index contributed by atoms with van der Waals surface area (Å²) in [7, 11) is 1.72. The lowest BCUT2D eigenvalue weighted by atomic mass is 9.85. The number of hydrogen-bond acceptors (Lipinski definition) is 4. The standard InChI is InChI=1S/C16H32N2O2/c1-4-15(2)14-18(9-10-20-12-11-19-3)16(13-17-15)7-5-6-8-16/h17H,4-14H2,1-3H3. The summed E-state index contributed by atoms with van der Waals surface area (Å²) >= 11 is 0. The molecule has 1 spiro atoms. The second-order valence-corrected chi connectivity index (χ2v) is 6.73. The molecule has 2 fully saturated rings. The predicted octanol–water partition coefficient (Wildman–Crippen LogP) is 2.04. The molecule has 4 nitrogen and oxygen atoms in total. The van der Waals surface area contributed by atoms with Gasteiger partial charge in [-0.05, 0) is 26.2 Å². The van der Waals surface area contributed by atoms with Crippen molar-refractivity contribution < 1.29 is 9.47 Å². The summed E-state index contributed by atoms with van der Waals surface area (Å²) in [6.07, 6.45) is 6.64. The van der Waals surface area contributed by atoms with Crippen molar-refractivity contribution in [2.24, 2.45) is 0 Å². The monoisotopic (exact) mass is 284 g/mol. The molecule has 4 heteroatoms. The topological polar surface area (TPSA) is 33.7 Å². The van der Waals surface area contributed by atoms with Gasteiger partial charge >= 0.3 is 0 Å². The van der Waals surface area contributed by atoms with Crippen molar-refractivity contribution >= 4 is 0 Å². The molecule has 1 aliphatic carbocycles. The molecule has 1 saturated heterocycles. The maximum Gasteiger partial charge on any atom is 0.0700 e. The first-order chi connectivity index (χ1) is 9.64. The number of nitrogens with zero attached hydrogens (tertiary/aromatic N) is 1. The fraction of sp³-hybridized carbons (Fsp3) is 1.00. The molecule has 1 aliphatic heterocycles. The van der Waals surface area contributed by atoms with Gasteiger partial charge in [0, 0.05) is 37.8 Å². The van der Waals surface area contributed by atoms with Crippen molar-refractivity contribution in [3.05, 3.63) is 0 Å².